The summed E-state index contributed by atoms with van der Waals surface area (Å²) in [6.07, 6.45) is 0.114. The Morgan fingerprint density at radius 2 is 1.91 bits per heavy atom. The second-order valence-corrected chi connectivity index (χ2v) is 6.24. The van der Waals surface area contributed by atoms with Gasteiger partial charge in [-0.05, 0) is 38.1 Å². The third-order valence-electron chi connectivity index (χ3n) is 4.14. The van der Waals surface area contributed by atoms with Crippen molar-refractivity contribution in [1.82, 2.24) is 5.32 Å². The van der Waals surface area contributed by atoms with Gasteiger partial charge in [-0.1, -0.05) is 11.6 Å². The van der Waals surface area contributed by atoms with Gasteiger partial charge in [0.15, 0.2) is 0 Å². The zero-order chi connectivity index (χ0) is 17.1. The molecule has 0 aliphatic carbocycles. The summed E-state index contributed by atoms with van der Waals surface area (Å²) >= 11 is 5.83. The van der Waals surface area contributed by atoms with Crippen molar-refractivity contribution < 1.29 is 19.5 Å². The number of carbonyl (C=O) groups is 3. The molecule has 1 heterocycles. The minimum Gasteiger partial charge on any atom is -0.481 e. The molecule has 2 rings (SSSR count). The predicted molar refractivity (Wildman–Crippen MR) is 86.3 cm³/mol. The van der Waals surface area contributed by atoms with Crippen molar-refractivity contribution in [3.63, 3.8) is 0 Å². The highest BCUT2D eigenvalue weighted by molar-refractivity contribution is 6.30. The van der Waals surface area contributed by atoms with Gasteiger partial charge in [0, 0.05) is 29.7 Å². The molecule has 0 saturated carbocycles. The van der Waals surface area contributed by atoms with E-state index in [0.717, 1.165) is 0 Å². The van der Waals surface area contributed by atoms with Gasteiger partial charge in [-0.15, -0.1) is 0 Å². The lowest BCUT2D eigenvalue weighted by Crippen LogP contribution is -2.43. The van der Waals surface area contributed by atoms with Crippen LogP contribution in [0.3, 0.4) is 0 Å². The number of hydrogen-bond acceptors (Lipinski definition) is 3. The summed E-state index contributed by atoms with van der Waals surface area (Å²) in [4.78, 5) is 36.9. The smallest absolute Gasteiger partial charge is 0.308 e. The van der Waals surface area contributed by atoms with Gasteiger partial charge >= 0.3 is 5.97 Å². The largest absolute Gasteiger partial charge is 0.481 e. The van der Waals surface area contributed by atoms with Gasteiger partial charge < -0.3 is 15.3 Å². The number of nitrogens with zero attached hydrogens (tertiary/aromatic N) is 1. The number of benzene rings is 1. The summed E-state index contributed by atoms with van der Waals surface area (Å²) in [7, 11) is 0. The molecule has 1 aliphatic rings. The highest BCUT2D eigenvalue weighted by Gasteiger charge is 2.36. The van der Waals surface area contributed by atoms with E-state index >= 15 is 0 Å². The molecule has 6 nitrogen and oxygen atoms in total. The molecule has 2 N–H and O–H groups in total. The minimum atomic E-state index is -0.969. The molecule has 2 amide bonds. The molecule has 124 valence electrons. The maximum Gasteiger partial charge on any atom is 0.308 e. The fraction of sp³-hybridized carbons (Fsp3) is 0.438. The van der Waals surface area contributed by atoms with E-state index in [1.165, 1.54) is 6.92 Å². The normalized spacial score (nSPS) is 20.2. The monoisotopic (exact) mass is 338 g/mol. The van der Waals surface area contributed by atoms with Crippen LogP contribution in [-0.4, -0.2) is 35.5 Å². The quantitative estimate of drug-likeness (QED) is 0.858. The molecule has 0 spiro atoms. The van der Waals surface area contributed by atoms with Crippen LogP contribution in [0.15, 0.2) is 24.3 Å². The van der Waals surface area contributed by atoms with E-state index in [4.69, 9.17) is 16.7 Å². The molecule has 1 aliphatic heterocycles. The van der Waals surface area contributed by atoms with Crippen LogP contribution in [0.1, 0.15) is 20.3 Å². The predicted octanol–water partition coefficient (Wildman–Crippen LogP) is 1.92. The van der Waals surface area contributed by atoms with E-state index in [0.29, 0.717) is 10.7 Å². The lowest BCUT2D eigenvalue weighted by atomic mass is 10.0. The Labute approximate surface area is 139 Å². The standard InChI is InChI=1S/C16H19ClN2O4/c1-9(16(22)23)10(2)18-15(21)11-7-14(20)19(8-11)13-5-3-12(17)4-6-13/h3-6,9-11H,7-8H2,1-2H3,(H,18,21)(H,22,23). The van der Waals surface area contributed by atoms with Gasteiger partial charge in [0.2, 0.25) is 11.8 Å². The topological polar surface area (TPSA) is 86.7 Å². The second kappa shape index (κ2) is 7.00. The van der Waals surface area contributed by atoms with Gasteiger partial charge in [-0.25, -0.2) is 0 Å². The van der Waals surface area contributed by atoms with Crippen molar-refractivity contribution >= 4 is 35.1 Å². The highest BCUT2D eigenvalue weighted by atomic mass is 35.5. The summed E-state index contributed by atoms with van der Waals surface area (Å²) in [5.74, 6) is -2.57. The van der Waals surface area contributed by atoms with E-state index < -0.39 is 23.8 Å². The zero-order valence-electron chi connectivity index (χ0n) is 13.0. The first-order valence-corrected chi connectivity index (χ1v) is 7.76. The maximum absolute atomic E-state index is 12.3. The molecule has 1 aromatic carbocycles. The molecule has 1 saturated heterocycles. The van der Waals surface area contributed by atoms with Crippen LogP contribution in [0.4, 0.5) is 5.69 Å². The number of rotatable bonds is 5. The van der Waals surface area contributed by atoms with E-state index in [2.05, 4.69) is 5.32 Å². The molecular formula is C16H19ClN2O4. The number of nitrogens with one attached hydrogen (secondary N) is 1. The van der Waals surface area contributed by atoms with Crippen LogP contribution in [0.5, 0.6) is 0 Å². The van der Waals surface area contributed by atoms with Gasteiger partial charge in [0.05, 0.1) is 11.8 Å². The third kappa shape index (κ3) is 4.01. The molecule has 1 fully saturated rings. The Hall–Kier alpha value is -2.08. The van der Waals surface area contributed by atoms with Crippen LogP contribution in [-0.2, 0) is 14.4 Å². The highest BCUT2D eigenvalue weighted by Crippen LogP contribution is 2.26. The molecule has 0 aromatic heterocycles. The second-order valence-electron chi connectivity index (χ2n) is 5.81. The maximum atomic E-state index is 12.3. The number of anilines is 1. The van der Waals surface area contributed by atoms with Crippen molar-refractivity contribution in [3.05, 3.63) is 29.3 Å². The van der Waals surface area contributed by atoms with Crippen molar-refractivity contribution in [2.45, 2.75) is 26.3 Å². The SMILES string of the molecule is CC(NC(=O)C1CC(=O)N(c2ccc(Cl)cc2)C1)C(C)C(=O)O. The van der Waals surface area contributed by atoms with E-state index in [9.17, 15) is 14.4 Å². The van der Waals surface area contributed by atoms with Crippen LogP contribution in [0.25, 0.3) is 0 Å². The van der Waals surface area contributed by atoms with Gasteiger partial charge in [0.1, 0.15) is 0 Å². The van der Waals surface area contributed by atoms with Crippen LogP contribution >= 0.6 is 11.6 Å². The lowest BCUT2D eigenvalue weighted by Gasteiger charge is -2.20. The minimum absolute atomic E-state index is 0.114. The van der Waals surface area contributed by atoms with Crippen LogP contribution in [0.2, 0.25) is 5.02 Å². The molecule has 3 unspecified atom stereocenters. The Morgan fingerprint density at radius 1 is 1.30 bits per heavy atom. The number of carboxylic acid groups (broad SMARTS) is 1. The first-order chi connectivity index (χ1) is 10.8. The summed E-state index contributed by atoms with van der Waals surface area (Å²) in [6.45, 7) is 3.46. The van der Waals surface area contributed by atoms with E-state index in [-0.39, 0.29) is 24.8 Å². The molecule has 0 radical (unpaired) electrons. The van der Waals surface area contributed by atoms with Crippen molar-refractivity contribution in [1.29, 1.82) is 0 Å². The fourth-order valence-electron chi connectivity index (χ4n) is 2.43. The third-order valence-corrected chi connectivity index (χ3v) is 4.40. The number of carboxylic acids is 1. The zero-order valence-corrected chi connectivity index (χ0v) is 13.7. The average molecular weight is 339 g/mol. The molecule has 3 atom stereocenters. The van der Waals surface area contributed by atoms with E-state index in [1.54, 1.807) is 36.1 Å². The molecule has 1 aromatic rings. The number of carbonyl (C=O) groups excluding carboxylic acids is 2. The molecular weight excluding hydrogens is 320 g/mol. The Bertz CT molecular complexity index is 617. The molecule has 23 heavy (non-hydrogen) atoms. The lowest BCUT2D eigenvalue weighted by molar-refractivity contribution is -0.142. The van der Waals surface area contributed by atoms with Crippen LogP contribution < -0.4 is 10.2 Å². The Balaban J connectivity index is 2.00. The van der Waals surface area contributed by atoms with Gasteiger partial charge in [0.25, 0.3) is 0 Å². The Kier molecular flexibility index (Phi) is 5.26. The molecule has 0 bridgehead atoms. The summed E-state index contributed by atoms with van der Waals surface area (Å²) < 4.78 is 0. The van der Waals surface area contributed by atoms with Crippen molar-refractivity contribution in [2.24, 2.45) is 11.8 Å². The summed E-state index contributed by atoms with van der Waals surface area (Å²) in [5.41, 5.74) is 0.696. The van der Waals surface area contributed by atoms with Crippen LogP contribution in [0, 0.1) is 11.8 Å². The summed E-state index contributed by atoms with van der Waals surface area (Å²) in [6, 6.07) is 6.34. The van der Waals surface area contributed by atoms with Crippen molar-refractivity contribution in [3.8, 4) is 0 Å². The molecule has 7 heteroatoms. The van der Waals surface area contributed by atoms with Gasteiger partial charge in [-0.3, -0.25) is 14.4 Å². The van der Waals surface area contributed by atoms with E-state index in [1.807, 2.05) is 0 Å². The Morgan fingerprint density at radius 3 is 2.48 bits per heavy atom. The number of halogens is 1. The number of hydrogen-bond donors (Lipinski definition) is 2. The number of amides is 2. The fourth-order valence-corrected chi connectivity index (χ4v) is 2.56. The number of aliphatic carboxylic acids is 1. The van der Waals surface area contributed by atoms with Crippen molar-refractivity contribution in [2.75, 3.05) is 11.4 Å². The first kappa shape index (κ1) is 17.3. The summed E-state index contributed by atoms with van der Waals surface area (Å²) in [5, 5.41) is 12.2. The average Bonchev–Trinajstić information content (AvgIpc) is 2.89. The first-order valence-electron chi connectivity index (χ1n) is 7.38. The van der Waals surface area contributed by atoms with Gasteiger partial charge in [-0.2, -0.15) is 0 Å².